The Morgan fingerprint density at radius 2 is 2.08 bits per heavy atom. The smallest absolute Gasteiger partial charge is 0.0587 e. The monoisotopic (exact) mass is 172 g/mol. The van der Waals surface area contributed by atoms with E-state index in [0.29, 0.717) is 12.0 Å². The zero-order valence-corrected chi connectivity index (χ0v) is 8.08. The van der Waals surface area contributed by atoms with Gasteiger partial charge >= 0.3 is 0 Å². The molecule has 12 heavy (non-hydrogen) atoms. The second-order valence-corrected chi connectivity index (χ2v) is 3.72. The minimum atomic E-state index is 0.269. The Kier molecular flexibility index (Phi) is 3.98. The molecule has 1 fully saturated rings. The van der Waals surface area contributed by atoms with Gasteiger partial charge in [-0.15, -0.1) is 0 Å². The van der Waals surface area contributed by atoms with Gasteiger partial charge in [0.1, 0.15) is 0 Å². The molecule has 0 aliphatic carbocycles. The van der Waals surface area contributed by atoms with Crippen LogP contribution in [0.25, 0.3) is 0 Å². The fraction of sp³-hybridized carbons (Fsp3) is 1.00. The Hall–Kier alpha value is -0.120. The maximum Gasteiger partial charge on any atom is 0.0587 e. The van der Waals surface area contributed by atoms with Crippen LogP contribution in [0.2, 0.25) is 0 Å². The van der Waals surface area contributed by atoms with E-state index in [-0.39, 0.29) is 6.61 Å². The van der Waals surface area contributed by atoms with Gasteiger partial charge in [0, 0.05) is 6.04 Å². The van der Waals surface area contributed by atoms with Gasteiger partial charge in [-0.3, -0.25) is 0 Å². The van der Waals surface area contributed by atoms with Gasteiger partial charge in [0.25, 0.3) is 0 Å². The van der Waals surface area contributed by atoms with Crippen molar-refractivity contribution in [3.05, 3.63) is 0 Å². The third-order valence-electron chi connectivity index (χ3n) is 2.90. The quantitative estimate of drug-likeness (QED) is 0.624. The summed E-state index contributed by atoms with van der Waals surface area (Å²) in [5, 5.41) is 12.2. The second-order valence-electron chi connectivity index (χ2n) is 3.72. The zero-order valence-electron chi connectivity index (χ0n) is 8.08. The molecule has 1 aliphatic rings. The van der Waals surface area contributed by atoms with Crippen LogP contribution < -0.4 is 5.32 Å². The number of aliphatic hydroxyl groups is 1. The highest BCUT2D eigenvalue weighted by Gasteiger charge is 2.23. The average Bonchev–Trinajstić information content (AvgIpc) is 2.10. The molecule has 1 saturated heterocycles. The normalized spacial score (nSPS) is 24.2. The van der Waals surface area contributed by atoms with E-state index < -0.39 is 0 Å². The number of nitrogens with one attached hydrogen (secondary N) is 1. The molecule has 0 spiro atoms. The molecule has 1 heterocycles. The molecular weight excluding hydrogens is 152 g/mol. The summed E-state index contributed by atoms with van der Waals surface area (Å²) in [5.41, 5.74) is 0. The van der Waals surface area contributed by atoms with Crippen LogP contribution in [0.5, 0.6) is 0 Å². The van der Waals surface area contributed by atoms with E-state index in [1.165, 1.54) is 25.9 Å². The van der Waals surface area contributed by atoms with E-state index in [2.05, 4.69) is 17.3 Å². The summed E-state index contributed by atoms with van der Waals surface area (Å²) in [4.78, 5) is 2.35. The molecule has 0 aromatic rings. The van der Waals surface area contributed by atoms with Crippen LogP contribution in [0.3, 0.4) is 0 Å². The molecular formula is C9H20N2O. The highest BCUT2D eigenvalue weighted by Crippen LogP contribution is 2.19. The van der Waals surface area contributed by atoms with Crippen LogP contribution in [0.1, 0.15) is 12.8 Å². The summed E-state index contributed by atoms with van der Waals surface area (Å²) in [6, 6.07) is 0.304. The van der Waals surface area contributed by atoms with E-state index in [1.54, 1.807) is 0 Å². The van der Waals surface area contributed by atoms with Crippen molar-refractivity contribution in [3.8, 4) is 0 Å². The van der Waals surface area contributed by atoms with E-state index in [4.69, 9.17) is 5.11 Å². The lowest BCUT2D eigenvalue weighted by molar-refractivity contribution is 0.143. The molecule has 3 nitrogen and oxygen atoms in total. The van der Waals surface area contributed by atoms with Crippen molar-refractivity contribution in [1.29, 1.82) is 0 Å². The summed E-state index contributed by atoms with van der Waals surface area (Å²) < 4.78 is 0. The van der Waals surface area contributed by atoms with Crippen molar-refractivity contribution in [3.63, 3.8) is 0 Å². The number of likely N-dealkylation sites (tertiary alicyclic amines) is 1. The molecule has 2 N–H and O–H groups in total. The molecule has 3 heteroatoms. The first-order chi connectivity index (χ1) is 5.77. The maximum absolute atomic E-state index is 9.07. The number of rotatable bonds is 3. The lowest BCUT2D eigenvalue weighted by Crippen LogP contribution is -2.42. The Balaban J connectivity index is 2.32. The van der Waals surface area contributed by atoms with Crippen molar-refractivity contribution in [2.45, 2.75) is 18.9 Å². The summed E-state index contributed by atoms with van der Waals surface area (Å²) in [6.45, 7) is 2.61. The Labute approximate surface area is 74.8 Å². The molecule has 0 aromatic carbocycles. The maximum atomic E-state index is 9.07. The Bertz CT molecular complexity index is 118. The molecule has 0 radical (unpaired) electrons. The fourth-order valence-electron chi connectivity index (χ4n) is 1.91. The van der Waals surface area contributed by atoms with Crippen molar-refractivity contribution in [2.75, 3.05) is 33.8 Å². The molecule has 0 saturated carbocycles. The van der Waals surface area contributed by atoms with Crippen molar-refractivity contribution in [1.82, 2.24) is 10.2 Å². The van der Waals surface area contributed by atoms with Crippen LogP contribution in [-0.2, 0) is 0 Å². The number of piperidine rings is 1. The van der Waals surface area contributed by atoms with Gasteiger partial charge in [0.15, 0.2) is 0 Å². The molecule has 0 bridgehead atoms. The predicted molar refractivity (Wildman–Crippen MR) is 50.2 cm³/mol. The summed E-state index contributed by atoms with van der Waals surface area (Å²) >= 11 is 0. The molecule has 1 atom stereocenters. The van der Waals surface area contributed by atoms with Gasteiger partial charge in [-0.1, -0.05) is 0 Å². The fourth-order valence-corrected chi connectivity index (χ4v) is 1.91. The summed E-state index contributed by atoms with van der Waals surface area (Å²) in [6.07, 6.45) is 2.42. The van der Waals surface area contributed by atoms with Gasteiger partial charge in [0.2, 0.25) is 0 Å². The van der Waals surface area contributed by atoms with Gasteiger partial charge in [-0.2, -0.15) is 0 Å². The molecule has 1 rings (SSSR count). The highest BCUT2D eigenvalue weighted by atomic mass is 16.3. The first-order valence-corrected chi connectivity index (χ1v) is 4.74. The van der Waals surface area contributed by atoms with Crippen LogP contribution in [0.4, 0.5) is 0 Å². The second kappa shape index (κ2) is 4.80. The minimum Gasteiger partial charge on any atom is -0.395 e. The standard InChI is InChI=1S/C9H20N2O/c1-10-9(7-12)8-3-5-11(2)6-4-8/h8-10,12H,3-7H2,1-2H3. The van der Waals surface area contributed by atoms with Gasteiger partial charge < -0.3 is 15.3 Å². The third kappa shape index (κ3) is 2.44. The first-order valence-electron chi connectivity index (χ1n) is 4.74. The topological polar surface area (TPSA) is 35.5 Å². The van der Waals surface area contributed by atoms with Crippen molar-refractivity contribution in [2.24, 2.45) is 5.92 Å². The van der Waals surface area contributed by atoms with Crippen LogP contribution >= 0.6 is 0 Å². The highest BCUT2D eigenvalue weighted by molar-refractivity contribution is 4.79. The van der Waals surface area contributed by atoms with Crippen molar-refractivity contribution >= 4 is 0 Å². The molecule has 0 amide bonds. The van der Waals surface area contributed by atoms with Crippen LogP contribution in [-0.4, -0.2) is 49.8 Å². The SMILES string of the molecule is CNC(CO)C1CCN(C)CC1. The van der Waals surface area contributed by atoms with E-state index in [1.807, 2.05) is 7.05 Å². The lowest BCUT2D eigenvalue weighted by atomic mass is 9.90. The zero-order chi connectivity index (χ0) is 8.97. The summed E-state index contributed by atoms with van der Waals surface area (Å²) in [7, 11) is 4.09. The van der Waals surface area contributed by atoms with E-state index in [9.17, 15) is 0 Å². The lowest BCUT2D eigenvalue weighted by Gasteiger charge is -2.33. The number of likely N-dealkylation sites (N-methyl/N-ethyl adjacent to an activating group) is 1. The number of nitrogens with zero attached hydrogens (tertiary/aromatic N) is 1. The van der Waals surface area contributed by atoms with Crippen LogP contribution in [0.15, 0.2) is 0 Å². The molecule has 1 unspecified atom stereocenters. The number of hydrogen-bond donors (Lipinski definition) is 2. The first kappa shape index (κ1) is 9.96. The number of aliphatic hydroxyl groups excluding tert-OH is 1. The van der Waals surface area contributed by atoms with Gasteiger partial charge in [0.05, 0.1) is 6.61 Å². The summed E-state index contributed by atoms with van der Waals surface area (Å²) in [5.74, 6) is 0.663. The Morgan fingerprint density at radius 3 is 2.50 bits per heavy atom. The molecule has 1 aliphatic heterocycles. The molecule has 0 aromatic heterocycles. The van der Waals surface area contributed by atoms with Crippen LogP contribution in [0, 0.1) is 5.92 Å². The minimum absolute atomic E-state index is 0.269. The van der Waals surface area contributed by atoms with Gasteiger partial charge in [-0.05, 0) is 45.9 Å². The third-order valence-corrected chi connectivity index (χ3v) is 2.90. The van der Waals surface area contributed by atoms with Gasteiger partial charge in [-0.25, -0.2) is 0 Å². The predicted octanol–water partition coefficient (Wildman–Crippen LogP) is -0.0915. The molecule has 72 valence electrons. The van der Waals surface area contributed by atoms with E-state index >= 15 is 0 Å². The number of hydrogen-bond acceptors (Lipinski definition) is 3. The average molecular weight is 172 g/mol. The largest absolute Gasteiger partial charge is 0.395 e. The van der Waals surface area contributed by atoms with E-state index in [0.717, 1.165) is 0 Å². The Morgan fingerprint density at radius 1 is 1.50 bits per heavy atom. The van der Waals surface area contributed by atoms with Crippen molar-refractivity contribution < 1.29 is 5.11 Å².